The molecule has 1 N–H and O–H groups in total. The molecule has 1 rings (SSSR count). The molecule has 0 aliphatic carbocycles. The molecule has 0 amide bonds. The van der Waals surface area contributed by atoms with E-state index in [1.165, 1.54) is 5.57 Å². The lowest BCUT2D eigenvalue weighted by atomic mass is 10.1. The number of allylic oxidation sites excluding steroid dienone is 1. The Labute approximate surface area is 121 Å². The van der Waals surface area contributed by atoms with Gasteiger partial charge in [0.1, 0.15) is 6.61 Å². The summed E-state index contributed by atoms with van der Waals surface area (Å²) in [5.41, 5.74) is 2.32. The van der Waals surface area contributed by atoms with Crippen LogP contribution < -0.4 is 19.5 Å². The zero-order valence-corrected chi connectivity index (χ0v) is 13.1. The minimum absolute atomic E-state index is 0.502. The quantitative estimate of drug-likeness (QED) is 0.742. The molecule has 0 aliphatic rings. The van der Waals surface area contributed by atoms with Crippen molar-refractivity contribution in [3.8, 4) is 17.2 Å². The smallest absolute Gasteiger partial charge is 0.203 e. The van der Waals surface area contributed by atoms with Crippen LogP contribution in [0.1, 0.15) is 26.3 Å². The molecule has 20 heavy (non-hydrogen) atoms. The predicted octanol–water partition coefficient (Wildman–Crippen LogP) is 3.16. The van der Waals surface area contributed by atoms with Gasteiger partial charge in [0.15, 0.2) is 11.5 Å². The van der Waals surface area contributed by atoms with E-state index in [-0.39, 0.29) is 0 Å². The van der Waals surface area contributed by atoms with Crippen LogP contribution in [0.5, 0.6) is 17.2 Å². The molecule has 0 aliphatic heterocycles. The van der Waals surface area contributed by atoms with Crippen LogP contribution in [0.2, 0.25) is 0 Å². The fourth-order valence-electron chi connectivity index (χ4n) is 1.74. The van der Waals surface area contributed by atoms with Crippen LogP contribution in [-0.2, 0) is 6.54 Å². The summed E-state index contributed by atoms with van der Waals surface area (Å²) in [4.78, 5) is 0. The van der Waals surface area contributed by atoms with Crippen molar-refractivity contribution in [2.45, 2.75) is 27.3 Å². The highest BCUT2D eigenvalue weighted by atomic mass is 16.5. The fourth-order valence-corrected chi connectivity index (χ4v) is 1.74. The second-order valence-corrected chi connectivity index (χ2v) is 4.70. The van der Waals surface area contributed by atoms with Gasteiger partial charge in [0.2, 0.25) is 5.75 Å². The molecule has 112 valence electrons. The molecule has 1 aromatic carbocycles. The van der Waals surface area contributed by atoms with Crippen molar-refractivity contribution in [3.63, 3.8) is 0 Å². The first-order valence-corrected chi connectivity index (χ1v) is 6.84. The average Bonchev–Trinajstić information content (AvgIpc) is 2.44. The van der Waals surface area contributed by atoms with Gasteiger partial charge >= 0.3 is 0 Å². The molecule has 1 aromatic rings. The second kappa shape index (κ2) is 8.48. The predicted molar refractivity (Wildman–Crippen MR) is 81.9 cm³/mol. The minimum atomic E-state index is 0.502. The molecule has 0 aromatic heterocycles. The number of methoxy groups -OCH3 is 2. The monoisotopic (exact) mass is 279 g/mol. The van der Waals surface area contributed by atoms with Crippen molar-refractivity contribution in [3.05, 3.63) is 29.3 Å². The highest BCUT2D eigenvalue weighted by molar-refractivity contribution is 5.54. The maximum absolute atomic E-state index is 5.77. The second-order valence-electron chi connectivity index (χ2n) is 4.70. The number of hydrogen-bond acceptors (Lipinski definition) is 4. The van der Waals surface area contributed by atoms with Gasteiger partial charge < -0.3 is 19.5 Å². The number of benzene rings is 1. The molecule has 4 nitrogen and oxygen atoms in total. The van der Waals surface area contributed by atoms with E-state index in [0.29, 0.717) is 23.9 Å². The van der Waals surface area contributed by atoms with E-state index in [4.69, 9.17) is 14.2 Å². The maximum atomic E-state index is 5.77. The van der Waals surface area contributed by atoms with Crippen molar-refractivity contribution >= 4 is 0 Å². The van der Waals surface area contributed by atoms with Gasteiger partial charge in [-0.05, 0) is 44.2 Å². The SMILES string of the molecule is CCNCc1cc(OC)c(OCC=C(C)C)c(OC)c1. The Kier molecular flexibility index (Phi) is 6.94. The van der Waals surface area contributed by atoms with Crippen LogP contribution in [0.25, 0.3) is 0 Å². The van der Waals surface area contributed by atoms with Crippen LogP contribution in [0, 0.1) is 0 Å². The van der Waals surface area contributed by atoms with Gasteiger partial charge in [-0.2, -0.15) is 0 Å². The molecular formula is C16H25NO3. The van der Waals surface area contributed by atoms with E-state index in [0.717, 1.165) is 18.7 Å². The highest BCUT2D eigenvalue weighted by Gasteiger charge is 2.13. The minimum Gasteiger partial charge on any atom is -0.493 e. The standard InChI is InChI=1S/C16H25NO3/c1-6-17-11-13-9-14(18-4)16(15(10-13)19-5)20-8-7-12(2)3/h7,9-10,17H,6,8,11H2,1-5H3. The van der Waals surface area contributed by atoms with Crippen LogP contribution in [-0.4, -0.2) is 27.4 Å². The van der Waals surface area contributed by atoms with Crippen molar-refractivity contribution in [2.24, 2.45) is 0 Å². The zero-order valence-electron chi connectivity index (χ0n) is 13.1. The van der Waals surface area contributed by atoms with Crippen molar-refractivity contribution in [1.29, 1.82) is 0 Å². The van der Waals surface area contributed by atoms with Crippen molar-refractivity contribution < 1.29 is 14.2 Å². The Morgan fingerprint density at radius 2 is 1.75 bits per heavy atom. The Bertz CT molecular complexity index is 426. The molecular weight excluding hydrogens is 254 g/mol. The summed E-state index contributed by atoms with van der Waals surface area (Å²) >= 11 is 0. The van der Waals surface area contributed by atoms with E-state index in [2.05, 4.69) is 12.2 Å². The molecule has 0 heterocycles. The Morgan fingerprint density at radius 1 is 1.15 bits per heavy atom. The number of rotatable bonds is 8. The largest absolute Gasteiger partial charge is 0.493 e. The van der Waals surface area contributed by atoms with Gasteiger partial charge in [-0.1, -0.05) is 12.5 Å². The summed E-state index contributed by atoms with van der Waals surface area (Å²) in [5, 5.41) is 3.28. The molecule has 0 unspecified atom stereocenters. The number of ether oxygens (including phenoxy) is 3. The van der Waals surface area contributed by atoms with Gasteiger partial charge in [-0.3, -0.25) is 0 Å². The normalized spacial score (nSPS) is 10.1. The van der Waals surface area contributed by atoms with Gasteiger partial charge in [-0.15, -0.1) is 0 Å². The Hall–Kier alpha value is -1.68. The van der Waals surface area contributed by atoms with Gasteiger partial charge in [0, 0.05) is 6.54 Å². The molecule has 0 radical (unpaired) electrons. The molecule has 0 fully saturated rings. The Morgan fingerprint density at radius 3 is 2.20 bits per heavy atom. The lowest BCUT2D eigenvalue weighted by Crippen LogP contribution is -2.12. The summed E-state index contributed by atoms with van der Waals surface area (Å²) in [6.07, 6.45) is 2.02. The maximum Gasteiger partial charge on any atom is 0.203 e. The lowest BCUT2D eigenvalue weighted by Gasteiger charge is -2.15. The zero-order chi connectivity index (χ0) is 15.0. The van der Waals surface area contributed by atoms with Crippen LogP contribution in [0.15, 0.2) is 23.8 Å². The lowest BCUT2D eigenvalue weighted by molar-refractivity contribution is 0.300. The third kappa shape index (κ3) is 4.78. The first-order chi connectivity index (χ1) is 9.62. The van der Waals surface area contributed by atoms with Crippen molar-refractivity contribution in [1.82, 2.24) is 5.32 Å². The molecule has 0 atom stereocenters. The summed E-state index contributed by atoms with van der Waals surface area (Å²) in [7, 11) is 3.28. The van der Waals surface area contributed by atoms with Crippen LogP contribution in [0.3, 0.4) is 0 Å². The third-order valence-electron chi connectivity index (χ3n) is 2.82. The fraction of sp³-hybridized carbons (Fsp3) is 0.500. The summed E-state index contributed by atoms with van der Waals surface area (Å²) < 4.78 is 16.6. The van der Waals surface area contributed by atoms with E-state index in [9.17, 15) is 0 Å². The van der Waals surface area contributed by atoms with Gasteiger partial charge in [-0.25, -0.2) is 0 Å². The molecule has 0 saturated carbocycles. The highest BCUT2D eigenvalue weighted by Crippen LogP contribution is 2.38. The number of hydrogen-bond donors (Lipinski definition) is 1. The molecule has 0 spiro atoms. The summed E-state index contributed by atoms with van der Waals surface area (Å²) in [5.74, 6) is 2.03. The first-order valence-electron chi connectivity index (χ1n) is 6.84. The Balaban J connectivity index is 2.98. The summed E-state index contributed by atoms with van der Waals surface area (Å²) in [6, 6.07) is 3.95. The van der Waals surface area contributed by atoms with Gasteiger partial charge in [0.05, 0.1) is 14.2 Å². The molecule has 0 bridgehead atoms. The first kappa shape index (κ1) is 16.4. The molecule has 4 heteroatoms. The topological polar surface area (TPSA) is 39.7 Å². The third-order valence-corrected chi connectivity index (χ3v) is 2.82. The average molecular weight is 279 g/mol. The van der Waals surface area contributed by atoms with Gasteiger partial charge in [0.25, 0.3) is 0 Å². The van der Waals surface area contributed by atoms with E-state index >= 15 is 0 Å². The summed E-state index contributed by atoms with van der Waals surface area (Å²) in [6.45, 7) is 8.35. The van der Waals surface area contributed by atoms with Crippen LogP contribution >= 0.6 is 0 Å². The van der Waals surface area contributed by atoms with Crippen LogP contribution in [0.4, 0.5) is 0 Å². The van der Waals surface area contributed by atoms with E-state index in [1.807, 2.05) is 32.1 Å². The van der Waals surface area contributed by atoms with Crippen molar-refractivity contribution in [2.75, 3.05) is 27.4 Å². The number of nitrogens with one attached hydrogen (secondary N) is 1. The molecule has 0 saturated heterocycles. The van der Waals surface area contributed by atoms with E-state index < -0.39 is 0 Å². The van der Waals surface area contributed by atoms with E-state index in [1.54, 1.807) is 14.2 Å².